The van der Waals surface area contributed by atoms with Crippen molar-refractivity contribution in [3.63, 3.8) is 0 Å². The van der Waals surface area contributed by atoms with E-state index in [0.29, 0.717) is 0 Å². The van der Waals surface area contributed by atoms with E-state index in [1.54, 1.807) is 7.11 Å². The monoisotopic (exact) mass is 270 g/mol. The number of hydrogen-bond acceptors (Lipinski definition) is 2. The molecule has 2 aromatic carbocycles. The zero-order chi connectivity index (χ0) is 14.4. The first-order chi connectivity index (χ1) is 9.76. The summed E-state index contributed by atoms with van der Waals surface area (Å²) in [6.45, 7) is 2.16. The van der Waals surface area contributed by atoms with Gasteiger partial charge in [0, 0.05) is 7.11 Å². The molecule has 0 bridgehead atoms. The molecule has 2 aromatic rings. The van der Waals surface area contributed by atoms with E-state index in [1.807, 2.05) is 42.5 Å². The van der Waals surface area contributed by atoms with Crippen molar-refractivity contribution in [2.75, 3.05) is 7.11 Å². The Morgan fingerprint density at radius 1 is 1.00 bits per heavy atom. The number of rotatable bonds is 6. The Morgan fingerprint density at radius 2 is 1.70 bits per heavy atom. The van der Waals surface area contributed by atoms with Crippen LogP contribution in [0.5, 0.6) is 0 Å². The molecule has 20 heavy (non-hydrogen) atoms. The quantitative estimate of drug-likeness (QED) is 0.857. The molecule has 0 aliphatic carbocycles. The Bertz CT molecular complexity index is 522. The van der Waals surface area contributed by atoms with E-state index in [9.17, 15) is 5.11 Å². The van der Waals surface area contributed by atoms with Gasteiger partial charge in [-0.25, -0.2) is 0 Å². The summed E-state index contributed by atoms with van der Waals surface area (Å²) >= 11 is 0. The SMILES string of the molecule is CCCc1cccc(C(O)C(OC)c2ccccc2)c1. The number of methoxy groups -OCH3 is 1. The fourth-order valence-corrected chi connectivity index (χ4v) is 2.49. The van der Waals surface area contributed by atoms with Crippen LogP contribution < -0.4 is 0 Å². The maximum Gasteiger partial charge on any atom is 0.112 e. The Labute approximate surface area is 121 Å². The lowest BCUT2D eigenvalue weighted by molar-refractivity contribution is -0.0149. The van der Waals surface area contributed by atoms with Crippen LogP contribution in [0.2, 0.25) is 0 Å². The third-order valence-corrected chi connectivity index (χ3v) is 3.50. The van der Waals surface area contributed by atoms with Gasteiger partial charge in [0.15, 0.2) is 0 Å². The van der Waals surface area contributed by atoms with Gasteiger partial charge in [0.2, 0.25) is 0 Å². The number of aliphatic hydroxyl groups excluding tert-OH is 1. The second-order valence-corrected chi connectivity index (χ2v) is 5.01. The van der Waals surface area contributed by atoms with E-state index >= 15 is 0 Å². The Balaban J connectivity index is 2.24. The summed E-state index contributed by atoms with van der Waals surface area (Å²) in [4.78, 5) is 0. The van der Waals surface area contributed by atoms with E-state index in [0.717, 1.165) is 24.0 Å². The van der Waals surface area contributed by atoms with Crippen LogP contribution >= 0.6 is 0 Å². The van der Waals surface area contributed by atoms with Gasteiger partial charge in [0.05, 0.1) is 0 Å². The van der Waals surface area contributed by atoms with Crippen LogP contribution in [0.4, 0.5) is 0 Å². The molecule has 0 heterocycles. The van der Waals surface area contributed by atoms with Gasteiger partial charge in [-0.3, -0.25) is 0 Å². The van der Waals surface area contributed by atoms with Crippen molar-refractivity contribution in [1.29, 1.82) is 0 Å². The third kappa shape index (κ3) is 3.47. The summed E-state index contributed by atoms with van der Waals surface area (Å²) in [5.74, 6) is 0. The predicted molar refractivity (Wildman–Crippen MR) is 81.6 cm³/mol. The molecule has 0 spiro atoms. The molecule has 0 aromatic heterocycles. The fraction of sp³-hybridized carbons (Fsp3) is 0.333. The zero-order valence-electron chi connectivity index (χ0n) is 12.1. The first kappa shape index (κ1) is 14.8. The van der Waals surface area contributed by atoms with Gasteiger partial charge >= 0.3 is 0 Å². The molecule has 0 aliphatic rings. The highest BCUT2D eigenvalue weighted by Crippen LogP contribution is 2.31. The lowest BCUT2D eigenvalue weighted by Crippen LogP contribution is -2.13. The highest BCUT2D eigenvalue weighted by molar-refractivity contribution is 5.29. The van der Waals surface area contributed by atoms with Crippen LogP contribution in [0.1, 0.15) is 42.2 Å². The lowest BCUT2D eigenvalue weighted by Gasteiger charge is -2.22. The molecule has 2 heteroatoms. The number of aryl methyl sites for hydroxylation is 1. The molecule has 2 rings (SSSR count). The smallest absolute Gasteiger partial charge is 0.112 e. The normalized spacial score (nSPS) is 13.9. The predicted octanol–water partition coefficient (Wildman–Crippen LogP) is 4.06. The lowest BCUT2D eigenvalue weighted by atomic mass is 9.96. The maximum absolute atomic E-state index is 10.6. The molecule has 2 unspecified atom stereocenters. The second-order valence-electron chi connectivity index (χ2n) is 5.01. The Kier molecular flexibility index (Phi) is 5.33. The summed E-state index contributed by atoms with van der Waals surface area (Å²) in [6, 6.07) is 18.0. The summed E-state index contributed by atoms with van der Waals surface area (Å²) in [5.41, 5.74) is 3.15. The number of aliphatic hydroxyl groups is 1. The maximum atomic E-state index is 10.6. The summed E-state index contributed by atoms with van der Waals surface area (Å²) in [5, 5.41) is 10.6. The van der Waals surface area contributed by atoms with Crippen LogP contribution in [0.25, 0.3) is 0 Å². The van der Waals surface area contributed by atoms with Crippen LogP contribution in [-0.2, 0) is 11.2 Å². The van der Waals surface area contributed by atoms with Gasteiger partial charge in [-0.05, 0) is 23.1 Å². The minimum Gasteiger partial charge on any atom is -0.385 e. The van der Waals surface area contributed by atoms with Crippen LogP contribution in [-0.4, -0.2) is 12.2 Å². The zero-order valence-corrected chi connectivity index (χ0v) is 12.1. The van der Waals surface area contributed by atoms with Crippen molar-refractivity contribution in [2.24, 2.45) is 0 Å². The van der Waals surface area contributed by atoms with Crippen LogP contribution in [0.15, 0.2) is 54.6 Å². The van der Waals surface area contributed by atoms with Gasteiger partial charge in [-0.1, -0.05) is 67.9 Å². The van der Waals surface area contributed by atoms with Crippen molar-refractivity contribution in [1.82, 2.24) is 0 Å². The summed E-state index contributed by atoms with van der Waals surface area (Å²) in [7, 11) is 1.64. The molecule has 2 nitrogen and oxygen atoms in total. The Hall–Kier alpha value is -1.64. The van der Waals surface area contributed by atoms with Crippen molar-refractivity contribution < 1.29 is 9.84 Å². The molecular weight excluding hydrogens is 248 g/mol. The highest BCUT2D eigenvalue weighted by Gasteiger charge is 2.22. The fourth-order valence-electron chi connectivity index (χ4n) is 2.49. The van der Waals surface area contributed by atoms with Gasteiger partial charge < -0.3 is 9.84 Å². The molecule has 0 saturated heterocycles. The van der Waals surface area contributed by atoms with Crippen LogP contribution in [0.3, 0.4) is 0 Å². The van der Waals surface area contributed by atoms with Gasteiger partial charge in [-0.2, -0.15) is 0 Å². The number of benzene rings is 2. The molecule has 106 valence electrons. The first-order valence-electron chi connectivity index (χ1n) is 7.11. The molecule has 0 aliphatic heterocycles. The molecule has 1 N–H and O–H groups in total. The van der Waals surface area contributed by atoms with Crippen molar-refractivity contribution in [2.45, 2.75) is 32.0 Å². The molecule has 0 fully saturated rings. The topological polar surface area (TPSA) is 29.5 Å². The average Bonchev–Trinajstić information content (AvgIpc) is 2.50. The summed E-state index contributed by atoms with van der Waals surface area (Å²) in [6.07, 6.45) is 1.14. The second kappa shape index (κ2) is 7.22. The third-order valence-electron chi connectivity index (χ3n) is 3.50. The number of ether oxygens (including phenoxy) is 1. The molecule has 2 atom stereocenters. The molecule has 0 radical (unpaired) electrons. The average molecular weight is 270 g/mol. The number of hydrogen-bond donors (Lipinski definition) is 1. The van der Waals surface area contributed by atoms with Crippen molar-refractivity contribution >= 4 is 0 Å². The Morgan fingerprint density at radius 3 is 2.35 bits per heavy atom. The minimum absolute atomic E-state index is 0.340. The standard InChI is InChI=1S/C18H22O2/c1-3-8-14-9-7-12-16(13-14)17(19)18(20-2)15-10-5-4-6-11-15/h4-7,9-13,17-19H,3,8H2,1-2H3. The van der Waals surface area contributed by atoms with E-state index in [4.69, 9.17) is 4.74 Å². The molecular formula is C18H22O2. The first-order valence-corrected chi connectivity index (χ1v) is 7.11. The van der Waals surface area contributed by atoms with Crippen molar-refractivity contribution in [3.05, 3.63) is 71.3 Å². The highest BCUT2D eigenvalue weighted by atomic mass is 16.5. The summed E-state index contributed by atoms with van der Waals surface area (Å²) < 4.78 is 5.50. The van der Waals surface area contributed by atoms with E-state index < -0.39 is 6.10 Å². The van der Waals surface area contributed by atoms with E-state index in [2.05, 4.69) is 19.1 Å². The molecule has 0 saturated carbocycles. The minimum atomic E-state index is -0.654. The van der Waals surface area contributed by atoms with Gasteiger partial charge in [0.25, 0.3) is 0 Å². The van der Waals surface area contributed by atoms with E-state index in [-0.39, 0.29) is 6.10 Å². The van der Waals surface area contributed by atoms with Gasteiger partial charge in [0.1, 0.15) is 12.2 Å². The van der Waals surface area contributed by atoms with Gasteiger partial charge in [-0.15, -0.1) is 0 Å². The molecule has 0 amide bonds. The van der Waals surface area contributed by atoms with Crippen LogP contribution in [0, 0.1) is 0 Å². The van der Waals surface area contributed by atoms with Crippen molar-refractivity contribution in [3.8, 4) is 0 Å². The van der Waals surface area contributed by atoms with E-state index in [1.165, 1.54) is 5.56 Å². The largest absolute Gasteiger partial charge is 0.385 e.